The third-order valence-electron chi connectivity index (χ3n) is 2.08. The first-order valence-electron chi connectivity index (χ1n) is 4.39. The molecule has 4 heteroatoms. The fourth-order valence-electron chi connectivity index (χ4n) is 1.31. The molecule has 76 valence electrons. The first-order valence-corrected chi connectivity index (χ1v) is 4.39. The molecule has 0 unspecified atom stereocenters. The fourth-order valence-corrected chi connectivity index (χ4v) is 1.31. The van der Waals surface area contributed by atoms with E-state index in [1.807, 2.05) is 6.07 Å². The van der Waals surface area contributed by atoms with Gasteiger partial charge in [-0.2, -0.15) is 0 Å². The van der Waals surface area contributed by atoms with Crippen molar-refractivity contribution in [2.45, 2.75) is 0 Å². The molecule has 0 aliphatic heterocycles. The summed E-state index contributed by atoms with van der Waals surface area (Å²) in [7, 11) is 0. The van der Waals surface area contributed by atoms with Gasteiger partial charge in [0.05, 0.1) is 0 Å². The lowest BCUT2D eigenvalue weighted by atomic mass is 10.3. The van der Waals surface area contributed by atoms with Crippen LogP contribution in [0.5, 0.6) is 11.5 Å². The smallest absolute Gasteiger partial charge is 0.301 e. The Morgan fingerprint density at radius 2 is 1.67 bits per heavy atom. The number of para-hydroxylation sites is 1. The molecule has 0 aliphatic carbocycles. The van der Waals surface area contributed by atoms with Crippen molar-refractivity contribution in [2.24, 2.45) is 0 Å². The maximum absolute atomic E-state index is 11.5. The number of aromatic nitrogens is 1. The summed E-state index contributed by atoms with van der Waals surface area (Å²) in [4.78, 5) is 11.5. The lowest BCUT2D eigenvalue weighted by Crippen LogP contribution is -2.16. The molecule has 0 radical (unpaired) electrons. The first kappa shape index (κ1) is 9.33. The molecule has 0 fully saturated rings. The summed E-state index contributed by atoms with van der Waals surface area (Å²) in [6.07, 6.45) is 1.41. The molecule has 0 bridgehead atoms. The quantitative estimate of drug-likeness (QED) is 0.733. The van der Waals surface area contributed by atoms with Gasteiger partial charge in [0.2, 0.25) is 5.75 Å². The number of hydrogen-bond acceptors (Lipinski definition) is 3. The van der Waals surface area contributed by atoms with Crippen LogP contribution in [0.2, 0.25) is 0 Å². The Labute approximate surface area is 85.7 Å². The van der Waals surface area contributed by atoms with Crippen LogP contribution in [0.15, 0.2) is 47.4 Å². The SMILES string of the molecule is O=c1c(O)c(O)ccn1-c1ccccc1. The fraction of sp³-hybridized carbons (Fsp3) is 0. The molecule has 0 amide bonds. The molecular weight excluding hydrogens is 194 g/mol. The molecule has 4 nitrogen and oxygen atoms in total. The van der Waals surface area contributed by atoms with E-state index in [4.69, 9.17) is 5.11 Å². The molecule has 0 spiro atoms. The zero-order valence-electron chi connectivity index (χ0n) is 7.79. The molecule has 2 aromatic rings. The summed E-state index contributed by atoms with van der Waals surface area (Å²) in [5, 5.41) is 18.4. The molecule has 0 atom stereocenters. The zero-order chi connectivity index (χ0) is 10.8. The van der Waals surface area contributed by atoms with Crippen LogP contribution in [-0.2, 0) is 0 Å². The van der Waals surface area contributed by atoms with Crippen molar-refractivity contribution in [3.8, 4) is 17.2 Å². The average molecular weight is 203 g/mol. The number of nitrogens with zero attached hydrogens (tertiary/aromatic N) is 1. The van der Waals surface area contributed by atoms with Crippen LogP contribution in [0.3, 0.4) is 0 Å². The van der Waals surface area contributed by atoms with E-state index in [9.17, 15) is 9.90 Å². The van der Waals surface area contributed by atoms with Gasteiger partial charge in [-0.3, -0.25) is 9.36 Å². The number of aromatic hydroxyl groups is 2. The molecule has 0 aliphatic rings. The average Bonchev–Trinajstić information content (AvgIpc) is 2.27. The van der Waals surface area contributed by atoms with Gasteiger partial charge in [0, 0.05) is 18.0 Å². The largest absolute Gasteiger partial charge is 0.504 e. The van der Waals surface area contributed by atoms with Gasteiger partial charge in [0.25, 0.3) is 0 Å². The minimum Gasteiger partial charge on any atom is -0.504 e. The molecular formula is C11H9NO3. The lowest BCUT2D eigenvalue weighted by molar-refractivity contribution is 0.395. The molecule has 15 heavy (non-hydrogen) atoms. The van der Waals surface area contributed by atoms with E-state index in [0.29, 0.717) is 5.69 Å². The van der Waals surface area contributed by atoms with E-state index in [2.05, 4.69) is 0 Å². The predicted molar refractivity (Wildman–Crippen MR) is 55.4 cm³/mol. The van der Waals surface area contributed by atoms with Gasteiger partial charge in [-0.15, -0.1) is 0 Å². The van der Waals surface area contributed by atoms with Crippen molar-refractivity contribution in [3.05, 3.63) is 52.9 Å². The second-order valence-corrected chi connectivity index (χ2v) is 3.06. The van der Waals surface area contributed by atoms with Gasteiger partial charge in [0.15, 0.2) is 5.75 Å². The van der Waals surface area contributed by atoms with Crippen LogP contribution in [0.1, 0.15) is 0 Å². The highest BCUT2D eigenvalue weighted by molar-refractivity contribution is 5.39. The standard InChI is InChI=1S/C11H9NO3/c13-9-6-7-12(11(15)10(9)14)8-4-2-1-3-5-8/h1-7,13-14H. The Morgan fingerprint density at radius 3 is 2.33 bits per heavy atom. The molecule has 2 N–H and O–H groups in total. The van der Waals surface area contributed by atoms with Crippen molar-refractivity contribution >= 4 is 0 Å². The van der Waals surface area contributed by atoms with Gasteiger partial charge in [-0.1, -0.05) is 18.2 Å². The zero-order valence-corrected chi connectivity index (χ0v) is 7.79. The van der Waals surface area contributed by atoms with Crippen LogP contribution in [0.4, 0.5) is 0 Å². The van der Waals surface area contributed by atoms with Crippen molar-refractivity contribution in [1.29, 1.82) is 0 Å². The predicted octanol–water partition coefficient (Wildman–Crippen LogP) is 1.25. The third kappa shape index (κ3) is 1.57. The lowest BCUT2D eigenvalue weighted by Gasteiger charge is -2.05. The Kier molecular flexibility index (Phi) is 2.17. The first-order chi connectivity index (χ1) is 7.20. The molecule has 1 aromatic carbocycles. The van der Waals surface area contributed by atoms with Crippen molar-refractivity contribution in [1.82, 2.24) is 4.57 Å². The van der Waals surface area contributed by atoms with E-state index in [1.54, 1.807) is 24.3 Å². The summed E-state index contributed by atoms with van der Waals surface area (Å²) in [6.45, 7) is 0. The summed E-state index contributed by atoms with van der Waals surface area (Å²) >= 11 is 0. The van der Waals surface area contributed by atoms with Crippen molar-refractivity contribution in [2.75, 3.05) is 0 Å². The minimum atomic E-state index is -0.638. The van der Waals surface area contributed by atoms with Gasteiger partial charge < -0.3 is 10.2 Å². The highest BCUT2D eigenvalue weighted by Gasteiger charge is 2.07. The third-order valence-corrected chi connectivity index (χ3v) is 2.08. The van der Waals surface area contributed by atoms with Crippen LogP contribution in [0, 0.1) is 0 Å². The van der Waals surface area contributed by atoms with Crippen LogP contribution >= 0.6 is 0 Å². The highest BCUT2D eigenvalue weighted by atomic mass is 16.3. The number of benzene rings is 1. The van der Waals surface area contributed by atoms with Gasteiger partial charge in [0.1, 0.15) is 0 Å². The van der Waals surface area contributed by atoms with Crippen LogP contribution in [-0.4, -0.2) is 14.8 Å². The van der Waals surface area contributed by atoms with Gasteiger partial charge >= 0.3 is 5.56 Å². The number of rotatable bonds is 1. The van der Waals surface area contributed by atoms with E-state index in [1.165, 1.54) is 16.8 Å². The summed E-state index contributed by atoms with van der Waals surface area (Å²) < 4.78 is 1.26. The summed E-state index contributed by atoms with van der Waals surface area (Å²) in [5.74, 6) is -1.05. The van der Waals surface area contributed by atoms with Crippen molar-refractivity contribution in [3.63, 3.8) is 0 Å². The molecule has 0 saturated heterocycles. The maximum Gasteiger partial charge on any atom is 0.301 e. The second kappa shape index (κ2) is 3.49. The Morgan fingerprint density at radius 1 is 1.00 bits per heavy atom. The topological polar surface area (TPSA) is 62.5 Å². The minimum absolute atomic E-state index is 0.410. The van der Waals surface area contributed by atoms with Gasteiger partial charge in [-0.05, 0) is 12.1 Å². The Hall–Kier alpha value is -2.23. The van der Waals surface area contributed by atoms with Gasteiger partial charge in [-0.25, -0.2) is 0 Å². The van der Waals surface area contributed by atoms with Crippen molar-refractivity contribution < 1.29 is 10.2 Å². The van der Waals surface area contributed by atoms with E-state index < -0.39 is 17.1 Å². The molecule has 1 aromatic heterocycles. The van der Waals surface area contributed by atoms with E-state index in [0.717, 1.165) is 0 Å². The number of pyridine rings is 1. The summed E-state index contributed by atoms with van der Waals surface area (Å²) in [6, 6.07) is 10.1. The Balaban J connectivity index is 2.66. The summed E-state index contributed by atoms with van der Waals surface area (Å²) in [5.41, 5.74) is -0.000926. The van der Waals surface area contributed by atoms with E-state index in [-0.39, 0.29) is 0 Å². The second-order valence-electron chi connectivity index (χ2n) is 3.06. The maximum atomic E-state index is 11.5. The highest BCUT2D eigenvalue weighted by Crippen LogP contribution is 2.18. The number of hydrogen-bond donors (Lipinski definition) is 2. The van der Waals surface area contributed by atoms with E-state index >= 15 is 0 Å². The monoisotopic (exact) mass is 203 g/mol. The Bertz CT molecular complexity index is 531. The van der Waals surface area contributed by atoms with Crippen LogP contribution < -0.4 is 5.56 Å². The molecule has 0 saturated carbocycles. The normalized spacial score (nSPS) is 10.1. The van der Waals surface area contributed by atoms with Crippen LogP contribution in [0.25, 0.3) is 5.69 Å². The molecule has 2 rings (SSSR count). The molecule has 1 heterocycles.